The summed E-state index contributed by atoms with van der Waals surface area (Å²) < 4.78 is 7.63. The lowest BCUT2D eigenvalue weighted by molar-refractivity contribution is -0.119. The van der Waals surface area contributed by atoms with Gasteiger partial charge in [-0.1, -0.05) is 42.1 Å². The molecular weight excluding hydrogens is 364 g/mol. The van der Waals surface area contributed by atoms with Crippen LogP contribution in [0.15, 0.2) is 35.5 Å². The first-order chi connectivity index (χ1) is 13.3. The van der Waals surface area contributed by atoms with Gasteiger partial charge in [-0.2, -0.15) is 0 Å². The van der Waals surface area contributed by atoms with Gasteiger partial charge in [-0.15, -0.1) is 5.10 Å². The summed E-state index contributed by atoms with van der Waals surface area (Å²) in [4.78, 5) is 14.5. The molecule has 2 heterocycles. The first kappa shape index (κ1) is 18.4. The van der Waals surface area contributed by atoms with Gasteiger partial charge in [0, 0.05) is 26.2 Å². The van der Waals surface area contributed by atoms with Crippen LogP contribution in [0.3, 0.4) is 0 Å². The van der Waals surface area contributed by atoms with Crippen LogP contribution in [-0.2, 0) is 16.1 Å². The first-order valence-corrected chi connectivity index (χ1v) is 10.3. The molecule has 4 rings (SSSR count). The van der Waals surface area contributed by atoms with Crippen LogP contribution in [-0.4, -0.2) is 69.1 Å². The first-order valence-electron chi connectivity index (χ1n) is 9.33. The van der Waals surface area contributed by atoms with E-state index < -0.39 is 0 Å². The molecular formula is C18H24N6O2S. The largest absolute Gasteiger partial charge is 0.374 e. The minimum absolute atomic E-state index is 0.0193. The van der Waals surface area contributed by atoms with Gasteiger partial charge in [0.05, 0.1) is 24.5 Å². The van der Waals surface area contributed by atoms with Gasteiger partial charge in [-0.25, -0.2) is 4.68 Å². The molecule has 2 aromatic rings. The number of morpholine rings is 1. The zero-order valence-corrected chi connectivity index (χ0v) is 16.0. The highest BCUT2D eigenvalue weighted by molar-refractivity contribution is 7.99. The molecule has 1 atom stereocenters. The van der Waals surface area contributed by atoms with Gasteiger partial charge < -0.3 is 10.1 Å². The molecule has 1 aliphatic heterocycles. The summed E-state index contributed by atoms with van der Waals surface area (Å²) in [7, 11) is 0. The fraction of sp³-hybridized carbons (Fsp3) is 0.556. The summed E-state index contributed by atoms with van der Waals surface area (Å²) in [6.07, 6.45) is 2.25. The van der Waals surface area contributed by atoms with Crippen LogP contribution in [0.1, 0.15) is 24.4 Å². The van der Waals surface area contributed by atoms with Crippen LogP contribution >= 0.6 is 11.8 Å². The molecule has 27 heavy (non-hydrogen) atoms. The highest BCUT2D eigenvalue weighted by Crippen LogP contribution is 2.36. The molecule has 0 bridgehead atoms. The van der Waals surface area contributed by atoms with Gasteiger partial charge >= 0.3 is 0 Å². The van der Waals surface area contributed by atoms with E-state index in [1.165, 1.54) is 17.3 Å². The molecule has 1 aliphatic carbocycles. The number of thioether (sulfide) groups is 1. The summed E-state index contributed by atoms with van der Waals surface area (Å²) >= 11 is 1.38. The number of aromatic nitrogens is 4. The number of carbonyl (C=O) groups is 1. The number of hydrogen-bond acceptors (Lipinski definition) is 7. The number of tetrazole rings is 1. The summed E-state index contributed by atoms with van der Waals surface area (Å²) in [5.41, 5.74) is 1.30. The molecule has 1 unspecified atom stereocenters. The van der Waals surface area contributed by atoms with E-state index in [4.69, 9.17) is 4.74 Å². The van der Waals surface area contributed by atoms with Crippen LogP contribution in [0.25, 0.3) is 0 Å². The topological polar surface area (TPSA) is 85.2 Å². The molecule has 2 fully saturated rings. The van der Waals surface area contributed by atoms with E-state index in [2.05, 4.69) is 50.0 Å². The monoisotopic (exact) mass is 388 g/mol. The zero-order valence-electron chi connectivity index (χ0n) is 15.2. The minimum Gasteiger partial charge on any atom is -0.374 e. The average Bonchev–Trinajstić information content (AvgIpc) is 3.43. The van der Waals surface area contributed by atoms with Gasteiger partial charge in [-0.3, -0.25) is 9.69 Å². The van der Waals surface area contributed by atoms with E-state index in [1.54, 1.807) is 0 Å². The molecule has 1 amide bonds. The molecule has 8 nitrogen and oxygen atoms in total. The maximum Gasteiger partial charge on any atom is 0.230 e. The Labute approximate surface area is 162 Å². The molecule has 1 aromatic carbocycles. The molecule has 1 saturated carbocycles. The molecule has 9 heteroatoms. The van der Waals surface area contributed by atoms with Gasteiger partial charge in [-0.05, 0) is 28.8 Å². The van der Waals surface area contributed by atoms with E-state index >= 15 is 0 Å². The Morgan fingerprint density at radius 3 is 2.96 bits per heavy atom. The summed E-state index contributed by atoms with van der Waals surface area (Å²) in [5.74, 6) is 0.294. The maximum atomic E-state index is 12.2. The Morgan fingerprint density at radius 2 is 2.15 bits per heavy atom. The molecule has 144 valence electrons. The number of nitrogens with one attached hydrogen (secondary N) is 1. The Hall–Kier alpha value is -1.97. The lowest BCUT2D eigenvalue weighted by Gasteiger charge is -2.33. The molecule has 0 radical (unpaired) electrons. The molecule has 1 N–H and O–H groups in total. The molecule has 1 saturated heterocycles. The van der Waals surface area contributed by atoms with Crippen molar-refractivity contribution in [2.75, 3.05) is 32.0 Å². The van der Waals surface area contributed by atoms with E-state index in [-0.39, 0.29) is 12.0 Å². The fourth-order valence-corrected chi connectivity index (χ4v) is 3.90. The van der Waals surface area contributed by atoms with Crippen molar-refractivity contribution in [1.82, 2.24) is 30.4 Å². The number of amides is 1. The van der Waals surface area contributed by atoms with Crippen LogP contribution in [0.5, 0.6) is 0 Å². The van der Waals surface area contributed by atoms with Gasteiger partial charge in [0.2, 0.25) is 11.1 Å². The SMILES string of the molecule is O=C(CSc1nnnn1C1CC1)NCC1CN(Cc2ccccc2)CCO1. The summed E-state index contributed by atoms with van der Waals surface area (Å²) in [6, 6.07) is 10.8. The van der Waals surface area contributed by atoms with Crippen molar-refractivity contribution in [2.45, 2.75) is 36.7 Å². The summed E-state index contributed by atoms with van der Waals surface area (Å²) in [5, 5.41) is 15.4. The second-order valence-corrected chi connectivity index (χ2v) is 7.89. The summed E-state index contributed by atoms with van der Waals surface area (Å²) in [6.45, 7) is 3.87. The lowest BCUT2D eigenvalue weighted by atomic mass is 10.2. The van der Waals surface area contributed by atoms with E-state index in [1.807, 2.05) is 10.7 Å². The van der Waals surface area contributed by atoms with Crippen molar-refractivity contribution in [1.29, 1.82) is 0 Å². The number of hydrogen-bond donors (Lipinski definition) is 1. The van der Waals surface area contributed by atoms with Crippen molar-refractivity contribution in [3.63, 3.8) is 0 Å². The van der Waals surface area contributed by atoms with Crippen LogP contribution < -0.4 is 5.32 Å². The minimum atomic E-state index is -0.0193. The molecule has 0 spiro atoms. The average molecular weight is 388 g/mol. The normalized spacial score (nSPS) is 20.5. The predicted octanol–water partition coefficient (Wildman–Crippen LogP) is 1.12. The van der Waals surface area contributed by atoms with Crippen molar-refractivity contribution in [3.8, 4) is 0 Å². The number of carbonyl (C=O) groups excluding carboxylic acids is 1. The van der Waals surface area contributed by atoms with Crippen molar-refractivity contribution in [3.05, 3.63) is 35.9 Å². The lowest BCUT2D eigenvalue weighted by Crippen LogP contribution is -2.47. The van der Waals surface area contributed by atoms with Crippen LogP contribution in [0.2, 0.25) is 0 Å². The third-order valence-electron chi connectivity index (χ3n) is 4.69. The number of rotatable bonds is 8. The third kappa shape index (κ3) is 5.27. The Balaban J connectivity index is 1.18. The van der Waals surface area contributed by atoms with Gasteiger partial charge in [0.25, 0.3) is 0 Å². The standard InChI is InChI=1S/C18H24N6O2S/c25-17(13-27-18-20-21-22-24(18)15-6-7-15)19-10-16-12-23(8-9-26-16)11-14-4-2-1-3-5-14/h1-5,15-16H,6-13H2,(H,19,25). The second-order valence-electron chi connectivity index (χ2n) is 6.94. The second kappa shape index (κ2) is 8.81. The quantitative estimate of drug-likeness (QED) is 0.678. The number of nitrogens with zero attached hydrogens (tertiary/aromatic N) is 5. The predicted molar refractivity (Wildman–Crippen MR) is 101 cm³/mol. The third-order valence-corrected chi connectivity index (χ3v) is 5.62. The van der Waals surface area contributed by atoms with E-state index in [0.717, 1.165) is 37.6 Å². The molecule has 2 aliphatic rings. The Kier molecular flexibility index (Phi) is 6.00. The highest BCUT2D eigenvalue weighted by atomic mass is 32.2. The van der Waals surface area contributed by atoms with E-state index in [9.17, 15) is 4.79 Å². The Bertz CT molecular complexity index is 751. The highest BCUT2D eigenvalue weighted by Gasteiger charge is 2.28. The van der Waals surface area contributed by atoms with Gasteiger partial charge in [0.1, 0.15) is 0 Å². The zero-order chi connectivity index (χ0) is 18.5. The van der Waals surface area contributed by atoms with Crippen molar-refractivity contribution < 1.29 is 9.53 Å². The van der Waals surface area contributed by atoms with Gasteiger partial charge in [0.15, 0.2) is 0 Å². The number of ether oxygens (including phenoxy) is 1. The maximum absolute atomic E-state index is 12.2. The number of benzene rings is 1. The smallest absolute Gasteiger partial charge is 0.230 e. The van der Waals surface area contributed by atoms with Crippen molar-refractivity contribution >= 4 is 17.7 Å². The fourth-order valence-electron chi connectivity index (χ4n) is 3.13. The Morgan fingerprint density at radius 1 is 1.30 bits per heavy atom. The van der Waals surface area contributed by atoms with Crippen LogP contribution in [0, 0.1) is 0 Å². The van der Waals surface area contributed by atoms with Crippen LogP contribution in [0.4, 0.5) is 0 Å². The van der Waals surface area contributed by atoms with E-state index in [0.29, 0.717) is 24.9 Å². The molecule has 1 aromatic heterocycles. The van der Waals surface area contributed by atoms with Crippen molar-refractivity contribution in [2.24, 2.45) is 0 Å².